The van der Waals surface area contributed by atoms with Crippen molar-refractivity contribution >= 4 is 51.1 Å². The van der Waals surface area contributed by atoms with Gasteiger partial charge in [-0.3, -0.25) is 0 Å². The Labute approximate surface area is 81.7 Å². The zero-order chi connectivity index (χ0) is 6.85. The molecule has 1 aromatic carbocycles. The Morgan fingerprint density at radius 2 is 2.11 bits per heavy atom. The number of hydrogen-bond donors (Lipinski definition) is 1. The van der Waals surface area contributed by atoms with E-state index in [1.165, 1.54) is 3.57 Å². The van der Waals surface area contributed by atoms with Crippen LogP contribution in [-0.2, 0) is 0 Å². The molecule has 1 aromatic rings. The third kappa shape index (κ3) is 2.13. The summed E-state index contributed by atoms with van der Waals surface area (Å²) in [4.78, 5) is 1.02. The van der Waals surface area contributed by atoms with Gasteiger partial charge in [-0.05, 0) is 40.8 Å². The summed E-state index contributed by atoms with van der Waals surface area (Å²) in [5.74, 6) is 0. The first-order chi connectivity index (χ1) is 4.20. The Balaban J connectivity index is 3.17. The lowest BCUT2D eigenvalue weighted by molar-refractivity contribution is 1.39. The molecule has 0 atom stereocenters. The number of hydrogen-bond acceptors (Lipinski definition) is 1. The summed E-state index contributed by atoms with van der Waals surface area (Å²) < 4.78 is 2.26. The molecule has 0 unspecified atom stereocenters. The molecule has 9 heavy (non-hydrogen) atoms. The Bertz CT molecular complexity index is 224. The second-order valence-electron chi connectivity index (χ2n) is 1.60. The average Bonchev–Trinajstić information content (AvgIpc) is 1.80. The minimum atomic E-state index is 1.02. The Kier molecular flexibility index (Phi) is 2.85. The summed E-state index contributed by atoms with van der Waals surface area (Å²) in [5, 5.41) is 0. The lowest BCUT2D eigenvalue weighted by Gasteiger charge is -1.94. The topological polar surface area (TPSA) is 0 Å². The standard InChI is InChI=1S/C6H4BrIS/c7-4-1-2-5(8)6(9)3-4/h1-3,9H. The second kappa shape index (κ2) is 3.25. The summed E-state index contributed by atoms with van der Waals surface area (Å²) in [6.45, 7) is 0. The van der Waals surface area contributed by atoms with Crippen molar-refractivity contribution < 1.29 is 0 Å². The van der Waals surface area contributed by atoms with Crippen molar-refractivity contribution in [2.24, 2.45) is 0 Å². The van der Waals surface area contributed by atoms with Gasteiger partial charge < -0.3 is 0 Å². The second-order valence-corrected chi connectivity index (χ2v) is 4.16. The van der Waals surface area contributed by atoms with Gasteiger partial charge in [-0.25, -0.2) is 0 Å². The molecule has 0 aliphatic heterocycles. The minimum Gasteiger partial charge on any atom is -0.142 e. The summed E-state index contributed by atoms with van der Waals surface area (Å²) in [7, 11) is 0. The number of benzene rings is 1. The van der Waals surface area contributed by atoms with Crippen molar-refractivity contribution in [2.75, 3.05) is 0 Å². The molecule has 0 saturated heterocycles. The van der Waals surface area contributed by atoms with Crippen LogP contribution in [0.25, 0.3) is 0 Å². The fourth-order valence-electron chi connectivity index (χ4n) is 0.486. The van der Waals surface area contributed by atoms with Crippen molar-refractivity contribution in [1.29, 1.82) is 0 Å². The molecule has 0 bridgehead atoms. The van der Waals surface area contributed by atoms with Gasteiger partial charge in [0.2, 0.25) is 0 Å². The highest BCUT2D eigenvalue weighted by Gasteiger charge is 1.92. The number of thiol groups is 1. The largest absolute Gasteiger partial charge is 0.142 e. The van der Waals surface area contributed by atoms with E-state index in [4.69, 9.17) is 0 Å². The van der Waals surface area contributed by atoms with Gasteiger partial charge in [0.1, 0.15) is 0 Å². The van der Waals surface area contributed by atoms with E-state index in [1.807, 2.05) is 18.2 Å². The van der Waals surface area contributed by atoms with E-state index in [9.17, 15) is 0 Å². The van der Waals surface area contributed by atoms with Crippen LogP contribution in [0.5, 0.6) is 0 Å². The molecule has 0 amide bonds. The van der Waals surface area contributed by atoms with E-state index in [0.717, 1.165) is 9.37 Å². The molecule has 0 saturated carbocycles. The molecule has 48 valence electrons. The third-order valence-corrected chi connectivity index (χ3v) is 3.14. The fraction of sp³-hybridized carbons (Fsp3) is 0. The Morgan fingerprint density at radius 1 is 1.44 bits per heavy atom. The van der Waals surface area contributed by atoms with E-state index in [1.54, 1.807) is 0 Å². The predicted molar refractivity (Wildman–Crippen MR) is 54.1 cm³/mol. The zero-order valence-corrected chi connectivity index (χ0v) is 9.07. The maximum atomic E-state index is 4.23. The van der Waals surface area contributed by atoms with Gasteiger partial charge >= 0.3 is 0 Å². The van der Waals surface area contributed by atoms with Crippen LogP contribution in [0.3, 0.4) is 0 Å². The molecule has 0 radical (unpaired) electrons. The number of rotatable bonds is 0. The van der Waals surface area contributed by atoms with Gasteiger partial charge in [-0.15, -0.1) is 12.6 Å². The average molecular weight is 315 g/mol. The summed E-state index contributed by atoms with van der Waals surface area (Å²) >= 11 is 9.82. The molecule has 0 heterocycles. The van der Waals surface area contributed by atoms with Gasteiger partial charge in [-0.1, -0.05) is 15.9 Å². The van der Waals surface area contributed by atoms with Gasteiger partial charge in [0.25, 0.3) is 0 Å². The van der Waals surface area contributed by atoms with Crippen molar-refractivity contribution in [3.05, 3.63) is 26.2 Å². The molecular formula is C6H4BrIS. The van der Waals surface area contributed by atoms with Crippen molar-refractivity contribution in [2.45, 2.75) is 4.90 Å². The van der Waals surface area contributed by atoms with E-state index >= 15 is 0 Å². The minimum absolute atomic E-state index is 1.02. The summed E-state index contributed by atoms with van der Waals surface area (Å²) in [6, 6.07) is 6.00. The molecule has 0 aromatic heterocycles. The van der Waals surface area contributed by atoms with Gasteiger partial charge in [0.05, 0.1) is 0 Å². The number of halogens is 2. The quantitative estimate of drug-likeness (QED) is 0.551. The van der Waals surface area contributed by atoms with Crippen LogP contribution < -0.4 is 0 Å². The van der Waals surface area contributed by atoms with E-state index in [2.05, 4.69) is 51.1 Å². The molecule has 0 fully saturated rings. The van der Waals surface area contributed by atoms with Crippen LogP contribution in [0.15, 0.2) is 27.6 Å². The SMILES string of the molecule is Sc1cc(Br)ccc1I. The van der Waals surface area contributed by atoms with Crippen molar-refractivity contribution in [3.63, 3.8) is 0 Å². The molecule has 0 nitrogen and oxygen atoms in total. The molecule has 0 N–H and O–H groups in total. The van der Waals surface area contributed by atoms with Gasteiger partial charge in [0.15, 0.2) is 0 Å². The summed E-state index contributed by atoms with van der Waals surface area (Å²) in [5.41, 5.74) is 0. The van der Waals surface area contributed by atoms with Crippen LogP contribution >= 0.6 is 51.1 Å². The van der Waals surface area contributed by atoms with E-state index < -0.39 is 0 Å². The van der Waals surface area contributed by atoms with E-state index in [-0.39, 0.29) is 0 Å². The molecule has 0 aliphatic rings. The first-order valence-corrected chi connectivity index (χ1v) is 4.66. The highest BCUT2D eigenvalue weighted by Crippen LogP contribution is 2.20. The Morgan fingerprint density at radius 3 is 2.56 bits per heavy atom. The van der Waals surface area contributed by atoms with Crippen LogP contribution in [0.2, 0.25) is 0 Å². The maximum Gasteiger partial charge on any atom is 0.0264 e. The highest BCUT2D eigenvalue weighted by atomic mass is 127. The maximum absolute atomic E-state index is 4.23. The molecule has 0 aliphatic carbocycles. The monoisotopic (exact) mass is 314 g/mol. The molecule has 0 spiro atoms. The first kappa shape index (κ1) is 7.88. The Hall–Kier alpha value is 0.780. The van der Waals surface area contributed by atoms with Crippen LogP contribution in [-0.4, -0.2) is 0 Å². The molecule has 3 heteroatoms. The summed E-state index contributed by atoms with van der Waals surface area (Å²) in [6.07, 6.45) is 0. The van der Waals surface area contributed by atoms with Gasteiger partial charge in [-0.2, -0.15) is 0 Å². The van der Waals surface area contributed by atoms with E-state index in [0.29, 0.717) is 0 Å². The lowest BCUT2D eigenvalue weighted by atomic mass is 10.4. The zero-order valence-electron chi connectivity index (χ0n) is 4.44. The molecule has 1 rings (SSSR count). The highest BCUT2D eigenvalue weighted by molar-refractivity contribution is 14.1. The van der Waals surface area contributed by atoms with Crippen molar-refractivity contribution in [1.82, 2.24) is 0 Å². The van der Waals surface area contributed by atoms with Crippen LogP contribution in [0.1, 0.15) is 0 Å². The fourth-order valence-corrected chi connectivity index (χ4v) is 1.57. The van der Waals surface area contributed by atoms with Crippen LogP contribution in [0.4, 0.5) is 0 Å². The van der Waals surface area contributed by atoms with Gasteiger partial charge in [0, 0.05) is 12.9 Å². The first-order valence-electron chi connectivity index (χ1n) is 2.34. The smallest absolute Gasteiger partial charge is 0.0264 e. The predicted octanol–water partition coefficient (Wildman–Crippen LogP) is 3.34. The van der Waals surface area contributed by atoms with Crippen molar-refractivity contribution in [3.8, 4) is 0 Å². The third-order valence-electron chi connectivity index (χ3n) is 0.908. The lowest BCUT2D eigenvalue weighted by Crippen LogP contribution is -1.72. The normalized spacial score (nSPS) is 9.67. The van der Waals surface area contributed by atoms with Crippen LogP contribution in [0, 0.1) is 3.57 Å². The molecular weight excluding hydrogens is 311 g/mol.